The molecule has 0 aromatic rings. The minimum atomic E-state index is -1.53. The zero-order chi connectivity index (χ0) is 63.3. The maximum atomic E-state index is 12.9. The highest BCUT2D eigenvalue weighted by Gasteiger charge is 2.25. The van der Waals surface area contributed by atoms with Crippen LogP contribution < -0.4 is 0 Å². The second-order valence-electron chi connectivity index (χ2n) is 26.2. The molecule has 0 aromatic heterocycles. The Bertz CT molecular complexity index is 1660. The third kappa shape index (κ3) is 70.1. The molecular formula is C78H142NO8+. The zero-order valence-electron chi connectivity index (χ0n) is 57.9. The van der Waals surface area contributed by atoms with Crippen molar-refractivity contribution in [1.29, 1.82) is 0 Å². The van der Waals surface area contributed by atoms with E-state index in [-0.39, 0.29) is 32.2 Å². The molecule has 9 heteroatoms. The standard InChI is InChI=1S/C78H141NO8/c1-6-8-10-12-14-16-18-20-22-24-26-28-29-30-31-32-33-34-35-36-37-38-39-40-41-42-43-44-45-46-47-49-50-52-54-56-58-60-62-64-66-68-75(80)85-72-74(73-86-78(77(82)83)84-71-70-79(3,4)5)87-76(81)69-67-65-63-61-59-57-55-53-51-48-27-25-23-21-19-17-15-13-11-9-7-2/h9,11,15,17,21,23,27,48,53,55,59,61,74,78H,6-8,10,12-14,16,18-20,22,24-26,28-47,49-52,54,56-58,60,62-73H2,1-5H3/p+1/b11-9-,17-15-,23-21-,48-27-,55-53-,61-59-. The number of ether oxygens (including phenoxy) is 4. The van der Waals surface area contributed by atoms with Gasteiger partial charge in [-0.05, 0) is 64.2 Å². The number of rotatable bonds is 69. The van der Waals surface area contributed by atoms with Crippen LogP contribution in [-0.4, -0.2) is 87.4 Å². The molecule has 0 spiro atoms. The number of aliphatic carboxylic acids is 1. The van der Waals surface area contributed by atoms with Crippen LogP contribution in [0.1, 0.15) is 348 Å². The summed E-state index contributed by atoms with van der Waals surface area (Å²) in [6.07, 6.45) is 89.3. The van der Waals surface area contributed by atoms with Gasteiger partial charge in [-0.3, -0.25) is 9.59 Å². The first-order chi connectivity index (χ1) is 42.6. The van der Waals surface area contributed by atoms with E-state index in [9.17, 15) is 19.5 Å². The van der Waals surface area contributed by atoms with Gasteiger partial charge >= 0.3 is 17.9 Å². The van der Waals surface area contributed by atoms with Gasteiger partial charge in [-0.15, -0.1) is 0 Å². The van der Waals surface area contributed by atoms with E-state index < -0.39 is 24.3 Å². The highest BCUT2D eigenvalue weighted by molar-refractivity contribution is 5.71. The smallest absolute Gasteiger partial charge is 0.361 e. The van der Waals surface area contributed by atoms with Crippen molar-refractivity contribution < 1.29 is 42.9 Å². The lowest BCUT2D eigenvalue weighted by Gasteiger charge is -2.25. The van der Waals surface area contributed by atoms with Crippen LogP contribution in [-0.2, 0) is 33.3 Å². The normalized spacial score (nSPS) is 13.1. The lowest BCUT2D eigenvalue weighted by molar-refractivity contribution is -0.870. The Hall–Kier alpha value is -3.27. The topological polar surface area (TPSA) is 108 Å². The number of hydrogen-bond acceptors (Lipinski definition) is 7. The lowest BCUT2D eigenvalue weighted by atomic mass is 10.0. The SMILES string of the molecule is CC/C=C\C/C=C\C/C=C\C/C=C\C/C=C\C/C=C\CCCCC(=O)OC(COC(=O)CCCCCCCCCCCCCCCCCCCCCCCCCCCCCCCCCCCCCCCCCCC)COC(OCC[N+](C)(C)C)C(=O)O. The Labute approximate surface area is 538 Å². The summed E-state index contributed by atoms with van der Waals surface area (Å²) < 4.78 is 22.9. The third-order valence-electron chi connectivity index (χ3n) is 16.5. The fourth-order valence-corrected chi connectivity index (χ4v) is 10.8. The van der Waals surface area contributed by atoms with Gasteiger partial charge in [-0.1, -0.05) is 344 Å². The molecule has 0 rings (SSSR count). The summed E-state index contributed by atoms with van der Waals surface area (Å²) in [4.78, 5) is 37.6. The number of likely N-dealkylation sites (N-methyl/N-ethyl adjacent to an activating group) is 1. The van der Waals surface area contributed by atoms with Crippen LogP contribution in [0.25, 0.3) is 0 Å². The predicted octanol–water partition coefficient (Wildman–Crippen LogP) is 23.3. The quantitative estimate of drug-likeness (QED) is 0.0211. The van der Waals surface area contributed by atoms with E-state index in [0.29, 0.717) is 23.9 Å². The van der Waals surface area contributed by atoms with Crippen LogP contribution in [0.2, 0.25) is 0 Å². The molecule has 0 amide bonds. The lowest BCUT2D eigenvalue weighted by Crippen LogP contribution is -2.40. The van der Waals surface area contributed by atoms with Gasteiger partial charge in [0.05, 0.1) is 34.4 Å². The van der Waals surface area contributed by atoms with Crippen molar-refractivity contribution in [3.05, 3.63) is 72.9 Å². The first-order valence-electron chi connectivity index (χ1n) is 37.1. The third-order valence-corrected chi connectivity index (χ3v) is 16.5. The van der Waals surface area contributed by atoms with Crippen molar-refractivity contribution in [1.82, 2.24) is 0 Å². The Balaban J connectivity index is 3.96. The number of esters is 2. The minimum absolute atomic E-state index is 0.177. The minimum Gasteiger partial charge on any atom is -0.477 e. The Kier molecular flexibility index (Phi) is 66.1. The maximum absolute atomic E-state index is 12.9. The van der Waals surface area contributed by atoms with Crippen LogP contribution in [0.3, 0.4) is 0 Å². The number of carbonyl (C=O) groups excluding carboxylic acids is 2. The molecule has 2 unspecified atom stereocenters. The number of hydrogen-bond donors (Lipinski definition) is 1. The number of carboxylic acids is 1. The van der Waals surface area contributed by atoms with Gasteiger partial charge in [-0.2, -0.15) is 0 Å². The number of nitrogens with zero attached hydrogens (tertiary/aromatic N) is 1. The molecule has 2 atom stereocenters. The summed E-state index contributed by atoms with van der Waals surface area (Å²) in [5.74, 6) is -2.05. The first-order valence-corrected chi connectivity index (χ1v) is 37.1. The molecule has 0 saturated heterocycles. The Morgan fingerprint density at radius 2 is 0.655 bits per heavy atom. The largest absolute Gasteiger partial charge is 0.477 e. The summed E-state index contributed by atoms with van der Waals surface area (Å²) in [5.41, 5.74) is 0. The molecule has 87 heavy (non-hydrogen) atoms. The van der Waals surface area contributed by atoms with Crippen LogP contribution in [0.4, 0.5) is 0 Å². The highest BCUT2D eigenvalue weighted by atomic mass is 16.7. The van der Waals surface area contributed by atoms with Crippen LogP contribution in [0.5, 0.6) is 0 Å². The van der Waals surface area contributed by atoms with E-state index in [1.807, 2.05) is 21.1 Å². The van der Waals surface area contributed by atoms with E-state index in [1.165, 1.54) is 244 Å². The summed E-state index contributed by atoms with van der Waals surface area (Å²) in [6.45, 7) is 4.75. The first kappa shape index (κ1) is 83.7. The fraction of sp³-hybridized carbons (Fsp3) is 0.808. The van der Waals surface area contributed by atoms with Gasteiger partial charge < -0.3 is 28.5 Å². The van der Waals surface area contributed by atoms with Crippen LogP contribution in [0, 0.1) is 0 Å². The van der Waals surface area contributed by atoms with Gasteiger partial charge in [0.1, 0.15) is 13.2 Å². The molecule has 0 fully saturated rings. The van der Waals surface area contributed by atoms with E-state index >= 15 is 0 Å². The number of carbonyl (C=O) groups is 3. The van der Waals surface area contributed by atoms with E-state index in [4.69, 9.17) is 18.9 Å². The average Bonchev–Trinajstić information content (AvgIpc) is 3.57. The molecule has 0 aromatic carbocycles. The summed E-state index contributed by atoms with van der Waals surface area (Å²) in [6, 6.07) is 0. The van der Waals surface area contributed by atoms with Gasteiger partial charge in [0.25, 0.3) is 6.29 Å². The van der Waals surface area contributed by atoms with Crippen LogP contribution in [0.15, 0.2) is 72.9 Å². The Morgan fingerprint density at radius 1 is 0.356 bits per heavy atom. The van der Waals surface area contributed by atoms with E-state index in [0.717, 1.165) is 70.6 Å². The summed E-state index contributed by atoms with van der Waals surface area (Å²) in [7, 11) is 5.96. The Morgan fingerprint density at radius 3 is 0.977 bits per heavy atom. The van der Waals surface area contributed by atoms with Crippen molar-refractivity contribution in [3.63, 3.8) is 0 Å². The van der Waals surface area contributed by atoms with E-state index in [1.54, 1.807) is 0 Å². The molecule has 0 radical (unpaired) electrons. The molecule has 1 N–H and O–H groups in total. The molecular weight excluding hydrogens is 1080 g/mol. The monoisotopic (exact) mass is 1220 g/mol. The molecule has 0 heterocycles. The van der Waals surface area contributed by atoms with Gasteiger partial charge in [-0.25, -0.2) is 4.79 Å². The number of unbranched alkanes of at least 4 members (excludes halogenated alkanes) is 42. The predicted molar refractivity (Wildman–Crippen MR) is 373 cm³/mol. The molecule has 506 valence electrons. The molecule has 9 nitrogen and oxygen atoms in total. The zero-order valence-corrected chi connectivity index (χ0v) is 57.9. The molecule has 0 bridgehead atoms. The maximum Gasteiger partial charge on any atom is 0.361 e. The van der Waals surface area contributed by atoms with Gasteiger partial charge in [0.15, 0.2) is 6.10 Å². The van der Waals surface area contributed by atoms with E-state index in [2.05, 4.69) is 86.8 Å². The van der Waals surface area contributed by atoms with Gasteiger partial charge in [0.2, 0.25) is 0 Å². The number of carboxylic acid groups (broad SMARTS) is 1. The highest BCUT2D eigenvalue weighted by Crippen LogP contribution is 2.19. The van der Waals surface area contributed by atoms with Crippen molar-refractivity contribution in [2.45, 2.75) is 360 Å². The van der Waals surface area contributed by atoms with Crippen molar-refractivity contribution in [2.75, 3.05) is 47.5 Å². The van der Waals surface area contributed by atoms with Crippen LogP contribution >= 0.6 is 0 Å². The summed E-state index contributed by atoms with van der Waals surface area (Å²) >= 11 is 0. The molecule has 0 aliphatic heterocycles. The second kappa shape index (κ2) is 68.6. The number of quaternary nitrogens is 1. The van der Waals surface area contributed by atoms with Gasteiger partial charge in [0, 0.05) is 12.8 Å². The fourth-order valence-electron chi connectivity index (χ4n) is 10.8. The second-order valence-corrected chi connectivity index (χ2v) is 26.2. The molecule has 0 aliphatic carbocycles. The average molecular weight is 1220 g/mol. The summed E-state index contributed by atoms with van der Waals surface area (Å²) in [5, 5.41) is 9.73. The van der Waals surface area contributed by atoms with Crippen molar-refractivity contribution >= 4 is 17.9 Å². The molecule has 0 aliphatic rings. The van der Waals surface area contributed by atoms with Crippen molar-refractivity contribution in [3.8, 4) is 0 Å². The van der Waals surface area contributed by atoms with Crippen molar-refractivity contribution in [2.24, 2.45) is 0 Å². The molecule has 0 saturated carbocycles. The number of allylic oxidation sites excluding steroid dienone is 12.